The number of hydrogen-bond acceptors (Lipinski definition) is 4. The summed E-state index contributed by atoms with van der Waals surface area (Å²) in [7, 11) is 0. The van der Waals surface area contributed by atoms with Crippen molar-refractivity contribution in [2.75, 3.05) is 18.5 Å². The normalized spacial score (nSPS) is 10.4. The Morgan fingerprint density at radius 3 is 2.61 bits per heavy atom. The van der Waals surface area contributed by atoms with Crippen LogP contribution in [0.4, 0.5) is 15.8 Å². The van der Waals surface area contributed by atoms with Gasteiger partial charge in [0.2, 0.25) is 0 Å². The third-order valence-electron chi connectivity index (χ3n) is 4.08. The molecular formula is C22H22FN3O2. The fraction of sp³-hybridized carbons (Fsp3) is 0.182. The first-order valence-corrected chi connectivity index (χ1v) is 9.13. The zero-order valence-electron chi connectivity index (χ0n) is 15.6. The van der Waals surface area contributed by atoms with E-state index in [0.29, 0.717) is 30.8 Å². The second-order valence-corrected chi connectivity index (χ2v) is 6.11. The molecule has 1 heterocycles. The van der Waals surface area contributed by atoms with Gasteiger partial charge in [-0.25, -0.2) is 4.39 Å². The van der Waals surface area contributed by atoms with Gasteiger partial charge in [0.05, 0.1) is 6.61 Å². The molecule has 2 aromatic carbocycles. The standard InChI is InChI=1S/C22H22FN3O2/c1-2-28-19-9-7-17(8-10-19)26-18-12-14-24-21(15-18)22(27)25-13-11-16-5-3-4-6-20(16)23/h3-10,12,14-15H,2,11,13H2,1H3,(H,24,26)(H,25,27). The number of anilines is 2. The fourth-order valence-corrected chi connectivity index (χ4v) is 2.70. The first-order valence-electron chi connectivity index (χ1n) is 9.13. The smallest absolute Gasteiger partial charge is 0.269 e. The van der Waals surface area contributed by atoms with Gasteiger partial charge >= 0.3 is 0 Å². The van der Waals surface area contributed by atoms with Crippen LogP contribution in [0.5, 0.6) is 5.75 Å². The van der Waals surface area contributed by atoms with Gasteiger partial charge in [-0.3, -0.25) is 9.78 Å². The van der Waals surface area contributed by atoms with E-state index in [2.05, 4.69) is 15.6 Å². The van der Waals surface area contributed by atoms with Crippen molar-refractivity contribution in [3.63, 3.8) is 0 Å². The number of nitrogens with zero attached hydrogens (tertiary/aromatic N) is 1. The highest BCUT2D eigenvalue weighted by Crippen LogP contribution is 2.20. The lowest BCUT2D eigenvalue weighted by molar-refractivity contribution is 0.0949. The quantitative estimate of drug-likeness (QED) is 0.611. The Morgan fingerprint density at radius 1 is 1.07 bits per heavy atom. The third-order valence-corrected chi connectivity index (χ3v) is 4.08. The first-order chi connectivity index (χ1) is 13.7. The molecule has 0 radical (unpaired) electrons. The molecule has 1 amide bonds. The van der Waals surface area contributed by atoms with Gasteiger partial charge in [0, 0.05) is 24.1 Å². The van der Waals surface area contributed by atoms with E-state index in [1.165, 1.54) is 6.07 Å². The van der Waals surface area contributed by atoms with Crippen molar-refractivity contribution in [1.29, 1.82) is 0 Å². The lowest BCUT2D eigenvalue weighted by atomic mass is 10.1. The zero-order chi connectivity index (χ0) is 19.8. The molecule has 28 heavy (non-hydrogen) atoms. The second-order valence-electron chi connectivity index (χ2n) is 6.11. The van der Waals surface area contributed by atoms with Crippen LogP contribution in [0.2, 0.25) is 0 Å². The van der Waals surface area contributed by atoms with Crippen LogP contribution in [-0.4, -0.2) is 24.0 Å². The summed E-state index contributed by atoms with van der Waals surface area (Å²) in [5.41, 5.74) is 2.49. The van der Waals surface area contributed by atoms with E-state index in [-0.39, 0.29) is 11.7 Å². The van der Waals surface area contributed by atoms with E-state index >= 15 is 0 Å². The van der Waals surface area contributed by atoms with Gasteiger partial charge in [-0.1, -0.05) is 18.2 Å². The summed E-state index contributed by atoms with van der Waals surface area (Å²) in [4.78, 5) is 16.4. The van der Waals surface area contributed by atoms with Gasteiger partial charge < -0.3 is 15.4 Å². The molecule has 0 aliphatic heterocycles. The molecule has 0 fully saturated rings. The van der Waals surface area contributed by atoms with Gasteiger partial charge in [-0.2, -0.15) is 0 Å². The minimum atomic E-state index is -0.299. The topological polar surface area (TPSA) is 63.2 Å². The second kappa shape index (κ2) is 9.50. The number of carbonyl (C=O) groups is 1. The number of amides is 1. The number of hydrogen-bond donors (Lipinski definition) is 2. The number of aromatic nitrogens is 1. The van der Waals surface area contributed by atoms with E-state index in [0.717, 1.165) is 17.1 Å². The van der Waals surface area contributed by atoms with Gasteiger partial charge in [-0.15, -0.1) is 0 Å². The number of pyridine rings is 1. The van der Waals surface area contributed by atoms with Crippen molar-refractivity contribution < 1.29 is 13.9 Å². The number of benzene rings is 2. The molecular weight excluding hydrogens is 357 g/mol. The predicted molar refractivity (Wildman–Crippen MR) is 108 cm³/mol. The van der Waals surface area contributed by atoms with Crippen LogP contribution in [0, 0.1) is 5.82 Å². The number of nitrogens with one attached hydrogen (secondary N) is 2. The Hall–Kier alpha value is -3.41. The third kappa shape index (κ3) is 5.30. The lowest BCUT2D eigenvalue weighted by Gasteiger charge is -2.10. The summed E-state index contributed by atoms with van der Waals surface area (Å²) in [6.45, 7) is 2.89. The van der Waals surface area contributed by atoms with Crippen molar-refractivity contribution in [3.8, 4) is 5.75 Å². The first kappa shape index (κ1) is 19.4. The molecule has 0 atom stereocenters. The van der Waals surface area contributed by atoms with Gasteiger partial charge in [0.15, 0.2) is 0 Å². The summed E-state index contributed by atoms with van der Waals surface area (Å²) >= 11 is 0. The molecule has 0 bridgehead atoms. The summed E-state index contributed by atoms with van der Waals surface area (Å²) in [5, 5.41) is 6.01. The highest BCUT2D eigenvalue weighted by molar-refractivity contribution is 5.93. The van der Waals surface area contributed by atoms with Crippen molar-refractivity contribution in [2.24, 2.45) is 0 Å². The highest BCUT2D eigenvalue weighted by Gasteiger charge is 2.09. The molecule has 3 rings (SSSR count). The molecule has 1 aromatic heterocycles. The predicted octanol–water partition coefficient (Wildman–Crippen LogP) is 4.34. The summed E-state index contributed by atoms with van der Waals surface area (Å²) in [6.07, 6.45) is 1.99. The van der Waals surface area contributed by atoms with Crippen molar-refractivity contribution >= 4 is 17.3 Å². The maximum absolute atomic E-state index is 13.6. The Morgan fingerprint density at radius 2 is 1.86 bits per heavy atom. The molecule has 0 aliphatic rings. The Labute approximate surface area is 163 Å². The van der Waals surface area contributed by atoms with Gasteiger partial charge in [-0.05, 0) is 61.4 Å². The van der Waals surface area contributed by atoms with Crippen molar-refractivity contribution in [2.45, 2.75) is 13.3 Å². The summed E-state index contributed by atoms with van der Waals surface area (Å²) in [5.74, 6) is 0.237. The highest BCUT2D eigenvalue weighted by atomic mass is 19.1. The maximum atomic E-state index is 13.6. The number of carbonyl (C=O) groups excluding carboxylic acids is 1. The Bertz CT molecular complexity index is 929. The minimum Gasteiger partial charge on any atom is -0.494 e. The summed E-state index contributed by atoms with van der Waals surface area (Å²) < 4.78 is 19.0. The van der Waals surface area contributed by atoms with E-state index in [9.17, 15) is 9.18 Å². The molecule has 0 saturated heterocycles. The van der Waals surface area contributed by atoms with Crippen LogP contribution in [0.25, 0.3) is 0 Å². The number of rotatable bonds is 8. The minimum absolute atomic E-state index is 0.267. The summed E-state index contributed by atoms with van der Waals surface area (Å²) in [6, 6.07) is 17.6. The average molecular weight is 379 g/mol. The number of halogens is 1. The van der Waals surface area contributed by atoms with Gasteiger partial charge in [0.1, 0.15) is 17.3 Å². The SMILES string of the molecule is CCOc1ccc(Nc2ccnc(C(=O)NCCc3ccccc3F)c2)cc1. The lowest BCUT2D eigenvalue weighted by Crippen LogP contribution is -2.26. The fourth-order valence-electron chi connectivity index (χ4n) is 2.70. The molecule has 0 saturated carbocycles. The molecule has 0 unspecified atom stereocenters. The van der Waals surface area contributed by atoms with Crippen molar-refractivity contribution in [1.82, 2.24) is 10.3 Å². The Balaban J connectivity index is 1.57. The Kier molecular flexibility index (Phi) is 6.57. The molecule has 6 heteroatoms. The van der Waals surface area contributed by atoms with Crippen LogP contribution in [0.15, 0.2) is 66.9 Å². The van der Waals surface area contributed by atoms with E-state index in [1.807, 2.05) is 31.2 Å². The zero-order valence-corrected chi connectivity index (χ0v) is 15.6. The maximum Gasteiger partial charge on any atom is 0.269 e. The molecule has 0 spiro atoms. The monoisotopic (exact) mass is 379 g/mol. The molecule has 144 valence electrons. The molecule has 5 nitrogen and oxygen atoms in total. The average Bonchev–Trinajstić information content (AvgIpc) is 2.71. The van der Waals surface area contributed by atoms with Crippen molar-refractivity contribution in [3.05, 3.63) is 83.9 Å². The van der Waals surface area contributed by atoms with Crippen LogP contribution in [0.3, 0.4) is 0 Å². The van der Waals surface area contributed by atoms with Crippen LogP contribution in [0.1, 0.15) is 23.0 Å². The molecule has 3 aromatic rings. The molecule has 2 N–H and O–H groups in total. The van der Waals surface area contributed by atoms with E-state index in [1.54, 1.807) is 36.5 Å². The largest absolute Gasteiger partial charge is 0.494 e. The number of ether oxygens (including phenoxy) is 1. The van der Waals surface area contributed by atoms with Crippen LogP contribution in [-0.2, 0) is 6.42 Å². The molecule has 0 aliphatic carbocycles. The van der Waals surface area contributed by atoms with E-state index in [4.69, 9.17) is 4.74 Å². The van der Waals surface area contributed by atoms with E-state index < -0.39 is 0 Å². The van der Waals surface area contributed by atoms with Gasteiger partial charge in [0.25, 0.3) is 5.91 Å². The van der Waals surface area contributed by atoms with Crippen LogP contribution >= 0.6 is 0 Å². The van der Waals surface area contributed by atoms with Crippen LogP contribution < -0.4 is 15.4 Å².